The zero-order valence-electron chi connectivity index (χ0n) is 11.6. The topological polar surface area (TPSA) is 70.1 Å². The Morgan fingerprint density at radius 2 is 2.00 bits per heavy atom. The molecule has 106 valence electrons. The Bertz CT molecular complexity index is 635. The van der Waals surface area contributed by atoms with Crippen LogP contribution in [-0.4, -0.2) is 22.6 Å². The first kappa shape index (κ1) is 14.4. The average molecular weight is 294 g/mol. The van der Waals surface area contributed by atoms with Gasteiger partial charge in [-0.1, -0.05) is 23.7 Å². The number of hydrogen-bond acceptors (Lipinski definition) is 4. The number of nitrogen functional groups attached to an aromatic ring is 1. The Morgan fingerprint density at radius 3 is 2.55 bits per heavy atom. The summed E-state index contributed by atoms with van der Waals surface area (Å²) in [5.41, 5.74) is 7.19. The molecule has 0 amide bonds. The van der Waals surface area contributed by atoms with Crippen LogP contribution in [0.15, 0.2) is 24.3 Å². The highest BCUT2D eigenvalue weighted by Gasteiger charge is 2.22. The van der Waals surface area contributed by atoms with Crippen LogP contribution >= 0.6 is 11.6 Å². The summed E-state index contributed by atoms with van der Waals surface area (Å²) in [4.78, 5) is 15.8. The Hall–Kier alpha value is -2.01. The van der Waals surface area contributed by atoms with Crippen LogP contribution in [0.5, 0.6) is 0 Å². The number of methoxy groups -OCH3 is 1. The first-order chi connectivity index (χ1) is 9.45. The molecule has 20 heavy (non-hydrogen) atoms. The number of esters is 1. The van der Waals surface area contributed by atoms with Crippen molar-refractivity contribution < 1.29 is 9.53 Å². The minimum Gasteiger partial charge on any atom is -0.464 e. The zero-order valence-corrected chi connectivity index (χ0v) is 12.3. The van der Waals surface area contributed by atoms with E-state index in [0.717, 1.165) is 5.56 Å². The molecule has 0 spiro atoms. The van der Waals surface area contributed by atoms with Crippen LogP contribution in [0.4, 0.5) is 5.82 Å². The zero-order chi connectivity index (χ0) is 14.9. The molecule has 2 N–H and O–H groups in total. The van der Waals surface area contributed by atoms with E-state index in [0.29, 0.717) is 16.7 Å². The van der Waals surface area contributed by atoms with Gasteiger partial charge in [-0.05, 0) is 31.5 Å². The molecule has 0 aliphatic rings. The number of ether oxygens (including phenoxy) is 1. The van der Waals surface area contributed by atoms with Crippen molar-refractivity contribution in [2.45, 2.75) is 19.9 Å². The fraction of sp³-hybridized carbons (Fsp3) is 0.286. The van der Waals surface area contributed by atoms with Gasteiger partial charge in [0.15, 0.2) is 5.69 Å². The number of anilines is 1. The summed E-state index contributed by atoms with van der Waals surface area (Å²) in [6.45, 7) is 3.78. The summed E-state index contributed by atoms with van der Waals surface area (Å²) >= 11 is 5.88. The summed E-state index contributed by atoms with van der Waals surface area (Å²) < 4.78 is 6.48. The number of aromatic nitrogens is 2. The van der Waals surface area contributed by atoms with Crippen molar-refractivity contribution in [3.63, 3.8) is 0 Å². The first-order valence-corrected chi connectivity index (χ1v) is 6.51. The van der Waals surface area contributed by atoms with Gasteiger partial charge < -0.3 is 15.0 Å². The summed E-state index contributed by atoms with van der Waals surface area (Å²) in [6, 6.07) is 7.42. The highest BCUT2D eigenvalue weighted by Crippen LogP contribution is 2.26. The summed E-state index contributed by atoms with van der Waals surface area (Å²) in [5.74, 6) is 0.426. The van der Waals surface area contributed by atoms with Crippen LogP contribution in [0.3, 0.4) is 0 Å². The molecule has 5 nitrogen and oxygen atoms in total. The van der Waals surface area contributed by atoms with Gasteiger partial charge in [-0.15, -0.1) is 0 Å². The molecule has 1 unspecified atom stereocenters. The number of carbonyl (C=O) groups excluding carboxylic acids is 1. The van der Waals surface area contributed by atoms with Gasteiger partial charge in [0.2, 0.25) is 0 Å². The van der Waals surface area contributed by atoms with Gasteiger partial charge in [0.1, 0.15) is 11.6 Å². The van der Waals surface area contributed by atoms with Crippen LogP contribution in [0, 0.1) is 6.92 Å². The van der Waals surface area contributed by atoms with Gasteiger partial charge in [-0.25, -0.2) is 9.78 Å². The number of nitrogens with zero attached hydrogens (tertiary/aromatic N) is 2. The van der Waals surface area contributed by atoms with Crippen molar-refractivity contribution in [1.29, 1.82) is 0 Å². The minimum atomic E-state index is -0.535. The van der Waals surface area contributed by atoms with E-state index in [4.69, 9.17) is 17.3 Å². The standard InChI is InChI=1S/C14H16ClN3O2/c1-8(10-4-6-11(15)7-5-10)18-9(2)17-12(13(18)16)14(19)20-3/h4-8H,16H2,1-3H3. The van der Waals surface area contributed by atoms with Crippen molar-refractivity contribution in [3.8, 4) is 0 Å². The SMILES string of the molecule is COC(=O)c1nc(C)n(C(C)c2ccc(Cl)cc2)c1N. The van der Waals surface area contributed by atoms with Gasteiger partial charge in [-0.3, -0.25) is 0 Å². The maximum atomic E-state index is 11.6. The monoisotopic (exact) mass is 293 g/mol. The van der Waals surface area contributed by atoms with Crippen molar-refractivity contribution in [3.05, 3.63) is 46.4 Å². The van der Waals surface area contributed by atoms with Gasteiger partial charge in [0, 0.05) is 5.02 Å². The van der Waals surface area contributed by atoms with E-state index in [9.17, 15) is 4.79 Å². The minimum absolute atomic E-state index is 0.0572. The van der Waals surface area contributed by atoms with Crippen LogP contribution in [0.1, 0.15) is 34.8 Å². The normalized spacial score (nSPS) is 12.2. The predicted octanol–water partition coefficient (Wildman–Crippen LogP) is 2.82. The smallest absolute Gasteiger partial charge is 0.360 e. The van der Waals surface area contributed by atoms with Gasteiger partial charge >= 0.3 is 5.97 Å². The highest BCUT2D eigenvalue weighted by molar-refractivity contribution is 6.30. The molecule has 2 aromatic rings. The molecular formula is C14H16ClN3O2. The summed E-state index contributed by atoms with van der Waals surface area (Å²) in [5, 5.41) is 0.673. The van der Waals surface area contributed by atoms with E-state index in [1.165, 1.54) is 7.11 Å². The summed E-state index contributed by atoms with van der Waals surface area (Å²) in [6.07, 6.45) is 0. The van der Waals surface area contributed by atoms with Crippen molar-refractivity contribution in [1.82, 2.24) is 9.55 Å². The molecule has 0 radical (unpaired) electrons. The maximum absolute atomic E-state index is 11.6. The molecule has 0 saturated heterocycles. The van der Waals surface area contributed by atoms with Crippen molar-refractivity contribution >= 4 is 23.4 Å². The first-order valence-electron chi connectivity index (χ1n) is 6.13. The molecule has 0 saturated carbocycles. The van der Waals surface area contributed by atoms with E-state index in [1.807, 2.05) is 31.2 Å². The lowest BCUT2D eigenvalue weighted by Gasteiger charge is -2.17. The molecular weight excluding hydrogens is 278 g/mol. The number of imidazole rings is 1. The third-order valence-corrected chi connectivity index (χ3v) is 3.49. The van der Waals surface area contributed by atoms with E-state index >= 15 is 0 Å². The van der Waals surface area contributed by atoms with Gasteiger partial charge in [-0.2, -0.15) is 0 Å². The summed E-state index contributed by atoms with van der Waals surface area (Å²) in [7, 11) is 1.30. The lowest BCUT2D eigenvalue weighted by Crippen LogP contribution is -2.13. The molecule has 1 aromatic carbocycles. The Kier molecular flexibility index (Phi) is 3.99. The quantitative estimate of drug-likeness (QED) is 0.884. The molecule has 1 aromatic heterocycles. The molecule has 0 fully saturated rings. The number of aryl methyl sites for hydroxylation is 1. The molecule has 0 aliphatic heterocycles. The molecule has 1 heterocycles. The third-order valence-electron chi connectivity index (χ3n) is 3.24. The second-order valence-corrected chi connectivity index (χ2v) is 4.92. The highest BCUT2D eigenvalue weighted by atomic mass is 35.5. The van der Waals surface area contributed by atoms with Gasteiger partial charge in [0.25, 0.3) is 0 Å². The van der Waals surface area contributed by atoms with E-state index in [1.54, 1.807) is 11.5 Å². The van der Waals surface area contributed by atoms with Crippen LogP contribution in [0.25, 0.3) is 0 Å². The molecule has 6 heteroatoms. The Morgan fingerprint density at radius 1 is 1.40 bits per heavy atom. The van der Waals surface area contributed by atoms with E-state index in [-0.39, 0.29) is 11.7 Å². The maximum Gasteiger partial charge on any atom is 0.360 e. The molecule has 1 atom stereocenters. The van der Waals surface area contributed by atoms with E-state index < -0.39 is 5.97 Å². The van der Waals surface area contributed by atoms with Crippen LogP contribution in [-0.2, 0) is 4.74 Å². The van der Waals surface area contributed by atoms with Crippen LogP contribution in [0.2, 0.25) is 5.02 Å². The largest absolute Gasteiger partial charge is 0.464 e. The fourth-order valence-electron chi connectivity index (χ4n) is 2.19. The van der Waals surface area contributed by atoms with Crippen LogP contribution < -0.4 is 5.73 Å². The average Bonchev–Trinajstić information content (AvgIpc) is 2.73. The lowest BCUT2D eigenvalue weighted by molar-refractivity contribution is 0.0595. The Labute approximate surface area is 122 Å². The number of hydrogen-bond donors (Lipinski definition) is 1. The second-order valence-electron chi connectivity index (χ2n) is 4.48. The number of halogens is 1. The van der Waals surface area contributed by atoms with E-state index in [2.05, 4.69) is 9.72 Å². The number of rotatable bonds is 3. The van der Waals surface area contributed by atoms with Crippen molar-refractivity contribution in [2.24, 2.45) is 0 Å². The number of carbonyl (C=O) groups is 1. The second kappa shape index (κ2) is 5.54. The molecule has 0 bridgehead atoms. The predicted molar refractivity (Wildman–Crippen MR) is 78.0 cm³/mol. The third kappa shape index (κ3) is 2.49. The van der Waals surface area contributed by atoms with Gasteiger partial charge in [0.05, 0.1) is 13.2 Å². The molecule has 0 aliphatic carbocycles. The Balaban J connectivity index is 2.44. The van der Waals surface area contributed by atoms with Crippen molar-refractivity contribution in [2.75, 3.05) is 12.8 Å². The fourth-order valence-corrected chi connectivity index (χ4v) is 2.31. The lowest BCUT2D eigenvalue weighted by atomic mass is 10.1. The number of nitrogens with two attached hydrogens (primary N) is 1. The number of benzene rings is 1. The molecule has 2 rings (SSSR count).